The van der Waals surface area contributed by atoms with E-state index < -0.39 is 11.9 Å². The summed E-state index contributed by atoms with van der Waals surface area (Å²) in [5.74, 6) is -0.429. The molecule has 3 atom stereocenters. The molecule has 1 aromatic heterocycles. The van der Waals surface area contributed by atoms with Gasteiger partial charge in [-0.25, -0.2) is 0 Å². The van der Waals surface area contributed by atoms with Crippen LogP contribution in [-0.2, 0) is 4.79 Å². The van der Waals surface area contributed by atoms with Crippen LogP contribution in [0.2, 0.25) is 0 Å². The topological polar surface area (TPSA) is 89.1 Å². The van der Waals surface area contributed by atoms with Crippen LogP contribution in [0.25, 0.3) is 0 Å². The Balaban J connectivity index is 0.00000162. The number of aromatic nitrogens is 2. The summed E-state index contributed by atoms with van der Waals surface area (Å²) in [7, 11) is 1.92. The third kappa shape index (κ3) is 2.85. The number of likely N-dealkylation sites (tertiary alicyclic amines) is 1. The van der Waals surface area contributed by atoms with Crippen LogP contribution in [0.4, 0.5) is 0 Å². The molecule has 0 radical (unpaired) electrons. The summed E-state index contributed by atoms with van der Waals surface area (Å²) in [5, 5.41) is 9.64. The van der Waals surface area contributed by atoms with Gasteiger partial charge in [0.2, 0.25) is 6.04 Å². The second-order valence-electron chi connectivity index (χ2n) is 4.76. The molecule has 2 rings (SSSR count). The molecule has 0 aliphatic carbocycles. The van der Waals surface area contributed by atoms with Gasteiger partial charge in [-0.05, 0) is 0 Å². The third-order valence-corrected chi connectivity index (χ3v) is 3.36. The van der Waals surface area contributed by atoms with E-state index in [1.165, 1.54) is 0 Å². The second kappa shape index (κ2) is 5.73. The molecule has 3 unspecified atom stereocenters. The van der Waals surface area contributed by atoms with Crippen LogP contribution in [0.15, 0.2) is 18.6 Å². The summed E-state index contributed by atoms with van der Waals surface area (Å²) in [5.41, 5.74) is 6.04. The Bertz CT molecular complexity index is 417. The molecule has 1 aliphatic rings. The van der Waals surface area contributed by atoms with Gasteiger partial charge in [-0.1, -0.05) is 0 Å². The van der Waals surface area contributed by atoms with Crippen molar-refractivity contribution < 1.29 is 31.4 Å². The van der Waals surface area contributed by atoms with Crippen molar-refractivity contribution in [3.05, 3.63) is 24.3 Å². The summed E-state index contributed by atoms with van der Waals surface area (Å²) >= 11 is 0. The molecule has 1 amide bonds. The molecule has 1 aliphatic heterocycles. The molecule has 18 heavy (non-hydrogen) atoms. The lowest BCUT2D eigenvalue weighted by Crippen LogP contribution is -3.00. The van der Waals surface area contributed by atoms with E-state index in [4.69, 9.17) is 5.73 Å². The zero-order valence-electron chi connectivity index (χ0n) is 10.2. The molecule has 3 N–H and O–H groups in total. The monoisotopic (exact) mass is 316 g/mol. The van der Waals surface area contributed by atoms with Crippen molar-refractivity contribution in [3.8, 4) is 0 Å². The van der Waals surface area contributed by atoms with Crippen molar-refractivity contribution in [2.24, 2.45) is 5.73 Å². The van der Waals surface area contributed by atoms with Crippen molar-refractivity contribution in [2.75, 3.05) is 20.1 Å². The number of carbonyl (C=O) groups excluding carboxylic acids is 1. The number of aliphatic hydroxyl groups is 1. The fraction of sp³-hybridized carbons (Fsp3) is 0.545. The van der Waals surface area contributed by atoms with Crippen molar-refractivity contribution in [1.82, 2.24) is 9.97 Å². The van der Waals surface area contributed by atoms with Crippen LogP contribution in [0.1, 0.15) is 18.2 Å². The van der Waals surface area contributed by atoms with Gasteiger partial charge in [0, 0.05) is 18.8 Å². The molecule has 0 spiro atoms. The van der Waals surface area contributed by atoms with Crippen molar-refractivity contribution in [1.29, 1.82) is 0 Å². The molecule has 2 heterocycles. The summed E-state index contributed by atoms with van der Waals surface area (Å²) in [4.78, 5) is 19.8. The smallest absolute Gasteiger partial charge is 0.282 e. The lowest BCUT2D eigenvalue weighted by molar-refractivity contribution is -0.920. The average molecular weight is 317 g/mol. The van der Waals surface area contributed by atoms with E-state index >= 15 is 0 Å². The fourth-order valence-corrected chi connectivity index (χ4v) is 2.57. The highest BCUT2D eigenvalue weighted by Gasteiger charge is 2.45. The first-order valence-corrected chi connectivity index (χ1v) is 5.60. The molecule has 0 bridgehead atoms. The van der Waals surface area contributed by atoms with Crippen LogP contribution in [0.5, 0.6) is 0 Å². The molecule has 1 fully saturated rings. The van der Waals surface area contributed by atoms with Crippen LogP contribution >= 0.6 is 0 Å². The fourth-order valence-electron chi connectivity index (χ4n) is 2.57. The van der Waals surface area contributed by atoms with Crippen LogP contribution in [-0.4, -0.2) is 51.7 Å². The van der Waals surface area contributed by atoms with Gasteiger partial charge >= 0.3 is 0 Å². The van der Waals surface area contributed by atoms with Crippen LogP contribution < -0.4 is 22.7 Å². The molecule has 100 valence electrons. The molecule has 1 aromatic rings. The number of nitrogens with zero attached hydrogens (tertiary/aromatic N) is 3. The number of quaternary nitrogens is 1. The predicted molar refractivity (Wildman–Crippen MR) is 60.5 cm³/mol. The van der Waals surface area contributed by atoms with Gasteiger partial charge in [0.15, 0.2) is 0 Å². The molecule has 0 saturated carbocycles. The first-order valence-electron chi connectivity index (χ1n) is 5.60. The first kappa shape index (κ1) is 15.0. The number of halogens is 1. The largest absolute Gasteiger partial charge is 1.00 e. The summed E-state index contributed by atoms with van der Waals surface area (Å²) in [6, 6.07) is -0.541. The zero-order chi connectivity index (χ0) is 12.5. The van der Waals surface area contributed by atoms with E-state index in [2.05, 4.69) is 9.97 Å². The number of hydrogen-bond acceptors (Lipinski definition) is 4. The van der Waals surface area contributed by atoms with Gasteiger partial charge in [-0.2, -0.15) is 0 Å². The van der Waals surface area contributed by atoms with Crippen molar-refractivity contribution >= 4 is 5.91 Å². The van der Waals surface area contributed by atoms with E-state index in [0.29, 0.717) is 29.7 Å². The maximum absolute atomic E-state index is 11.7. The van der Waals surface area contributed by atoms with E-state index in [-0.39, 0.29) is 23.1 Å². The Morgan fingerprint density at radius 3 is 2.78 bits per heavy atom. The number of hydrogen-bond donors (Lipinski definition) is 2. The molecular formula is C11H17BrN4O2. The Kier molecular flexibility index (Phi) is 4.78. The van der Waals surface area contributed by atoms with Gasteiger partial charge in [-0.15, -0.1) is 0 Å². The lowest BCUT2D eigenvalue weighted by atomic mass is 10.1. The minimum Gasteiger partial charge on any atom is -1.00 e. The third-order valence-electron chi connectivity index (χ3n) is 3.36. The van der Waals surface area contributed by atoms with Gasteiger partial charge in [0.1, 0.15) is 18.3 Å². The molecular weight excluding hydrogens is 300 g/mol. The Hall–Kier alpha value is -1.05. The quantitative estimate of drug-likeness (QED) is 0.560. The molecule has 1 saturated heterocycles. The van der Waals surface area contributed by atoms with E-state index in [1.807, 2.05) is 7.05 Å². The maximum atomic E-state index is 11.7. The highest BCUT2D eigenvalue weighted by atomic mass is 79.9. The minimum atomic E-state index is -0.541. The Morgan fingerprint density at radius 1 is 1.61 bits per heavy atom. The molecule has 0 aromatic carbocycles. The van der Waals surface area contributed by atoms with Crippen molar-refractivity contribution in [2.45, 2.75) is 18.6 Å². The van der Waals surface area contributed by atoms with Crippen LogP contribution in [0, 0.1) is 0 Å². The van der Waals surface area contributed by atoms with E-state index in [9.17, 15) is 9.90 Å². The predicted octanol–water partition coefficient (Wildman–Crippen LogP) is -3.78. The maximum Gasteiger partial charge on any atom is 0.282 e. The van der Waals surface area contributed by atoms with Gasteiger partial charge < -0.3 is 32.3 Å². The number of nitrogens with two attached hydrogens (primary N) is 1. The second-order valence-corrected chi connectivity index (χ2v) is 4.76. The Morgan fingerprint density at radius 2 is 2.33 bits per heavy atom. The number of amides is 1. The zero-order valence-corrected chi connectivity index (χ0v) is 11.7. The standard InChI is InChI=1S/C11H16N4O2.BrH/c1-15(5-2-8(16)7-15)10(11(12)17)9-6-13-3-4-14-9;/h3-4,6,8,10,16H,2,5,7H2,1H3,(H-,12,17);1H. The van der Waals surface area contributed by atoms with E-state index in [0.717, 1.165) is 0 Å². The highest BCUT2D eigenvalue weighted by molar-refractivity contribution is 5.79. The van der Waals surface area contributed by atoms with E-state index in [1.54, 1.807) is 18.6 Å². The number of likely N-dealkylation sites (N-methyl/N-ethyl adjacent to an activating group) is 1. The van der Waals surface area contributed by atoms with Gasteiger partial charge in [-0.3, -0.25) is 14.8 Å². The summed E-state index contributed by atoms with van der Waals surface area (Å²) < 4.78 is 0.398. The number of rotatable bonds is 3. The van der Waals surface area contributed by atoms with Crippen molar-refractivity contribution in [3.63, 3.8) is 0 Å². The highest BCUT2D eigenvalue weighted by Crippen LogP contribution is 2.30. The lowest BCUT2D eigenvalue weighted by Gasteiger charge is -2.35. The molecule has 7 heteroatoms. The number of aliphatic hydroxyl groups excluding tert-OH is 1. The Labute approximate surface area is 116 Å². The molecule has 6 nitrogen and oxygen atoms in total. The normalized spacial score (nSPS) is 28.4. The average Bonchev–Trinajstić information content (AvgIpc) is 2.60. The van der Waals surface area contributed by atoms with Crippen LogP contribution in [0.3, 0.4) is 0 Å². The summed E-state index contributed by atoms with van der Waals surface area (Å²) in [6.45, 7) is 1.23. The minimum absolute atomic E-state index is 0. The summed E-state index contributed by atoms with van der Waals surface area (Å²) in [6.07, 6.45) is 4.97. The van der Waals surface area contributed by atoms with Gasteiger partial charge in [0.05, 0.1) is 19.8 Å². The first-order chi connectivity index (χ1) is 8.03. The number of primary amides is 1. The number of carbonyl (C=O) groups is 1. The SMILES string of the molecule is C[N+]1(C(C(N)=O)c2cnccn2)CCC(O)C1.[Br-]. The van der Waals surface area contributed by atoms with Gasteiger partial charge in [0.25, 0.3) is 5.91 Å².